The lowest BCUT2D eigenvalue weighted by atomic mass is 10.2. The van der Waals surface area contributed by atoms with Gasteiger partial charge in [0.1, 0.15) is 0 Å². The van der Waals surface area contributed by atoms with Crippen LogP contribution < -0.4 is 0 Å². The highest BCUT2D eigenvalue weighted by molar-refractivity contribution is 9.10. The quantitative estimate of drug-likeness (QED) is 0.629. The highest BCUT2D eigenvalue weighted by atomic mass is 79.9. The Morgan fingerprint density at radius 3 is 1.80 bits per heavy atom. The Balaban J connectivity index is 2.22. The molecule has 2 aromatic carbocycles. The number of rotatable bonds is 0. The molecule has 0 saturated carbocycles. The van der Waals surface area contributed by atoms with Crippen LogP contribution in [0.5, 0.6) is 0 Å². The summed E-state index contributed by atoms with van der Waals surface area (Å²) in [7, 11) is 0. The molecule has 2 rings (SSSR count). The van der Waals surface area contributed by atoms with E-state index in [2.05, 4.69) is 27.8 Å². The molecule has 72 valence electrons. The fraction of sp³-hybridized carbons (Fsp3) is 0. The van der Waals surface area contributed by atoms with Gasteiger partial charge >= 0.3 is 0 Å². The Morgan fingerprint density at radius 2 is 1.20 bits per heavy atom. The van der Waals surface area contributed by atoms with Gasteiger partial charge < -0.3 is 0 Å². The van der Waals surface area contributed by atoms with Gasteiger partial charge in [-0.2, -0.15) is 0 Å². The molecule has 0 unspecified atom stereocenters. The fourth-order valence-electron chi connectivity index (χ4n) is 1.20. The highest BCUT2D eigenvalue weighted by Gasteiger charge is 1.87. The van der Waals surface area contributed by atoms with Crippen LogP contribution >= 0.6 is 15.9 Å². The first kappa shape index (κ1) is 10.0. The molecule has 2 aromatic rings. The Bertz CT molecular complexity index is 486. The molecule has 0 bridgehead atoms. The third-order valence-electron chi connectivity index (χ3n) is 1.97. The maximum Gasteiger partial charge on any atom is 0.0249 e. The van der Waals surface area contributed by atoms with Crippen molar-refractivity contribution in [1.29, 1.82) is 0 Å². The van der Waals surface area contributed by atoms with Crippen molar-refractivity contribution in [2.45, 2.75) is 0 Å². The summed E-state index contributed by atoms with van der Waals surface area (Å²) in [6.07, 6.45) is 0. The Kier molecular flexibility index (Phi) is 3.22. The van der Waals surface area contributed by atoms with E-state index in [-0.39, 0.29) is 0 Å². The lowest BCUT2D eigenvalue weighted by Gasteiger charge is -1.90. The van der Waals surface area contributed by atoms with Gasteiger partial charge in [0.2, 0.25) is 0 Å². The molecule has 15 heavy (non-hydrogen) atoms. The van der Waals surface area contributed by atoms with E-state index in [1.807, 2.05) is 54.6 Å². The molecule has 0 aromatic heterocycles. The zero-order chi connectivity index (χ0) is 10.5. The summed E-state index contributed by atoms with van der Waals surface area (Å²) in [4.78, 5) is 0. The molecule has 0 radical (unpaired) electrons. The van der Waals surface area contributed by atoms with Crippen molar-refractivity contribution >= 4 is 15.9 Å². The van der Waals surface area contributed by atoms with Crippen LogP contribution in [-0.4, -0.2) is 0 Å². The van der Waals surface area contributed by atoms with Gasteiger partial charge in [-0.15, -0.1) is 0 Å². The monoisotopic (exact) mass is 256 g/mol. The van der Waals surface area contributed by atoms with Gasteiger partial charge in [-0.1, -0.05) is 46.0 Å². The molecule has 0 aliphatic rings. The maximum atomic E-state index is 3.39. The summed E-state index contributed by atoms with van der Waals surface area (Å²) in [5, 5.41) is 0. The summed E-state index contributed by atoms with van der Waals surface area (Å²) in [6, 6.07) is 18.0. The van der Waals surface area contributed by atoms with Crippen molar-refractivity contribution < 1.29 is 0 Å². The minimum absolute atomic E-state index is 1.03. The van der Waals surface area contributed by atoms with E-state index in [9.17, 15) is 0 Å². The first-order valence-electron chi connectivity index (χ1n) is 4.67. The van der Waals surface area contributed by atoms with Crippen LogP contribution in [0.2, 0.25) is 0 Å². The number of hydrogen-bond acceptors (Lipinski definition) is 0. The van der Waals surface area contributed by atoms with Gasteiger partial charge in [-0.3, -0.25) is 0 Å². The van der Waals surface area contributed by atoms with Gasteiger partial charge in [0.05, 0.1) is 0 Å². The van der Waals surface area contributed by atoms with Crippen LogP contribution in [0.25, 0.3) is 0 Å². The van der Waals surface area contributed by atoms with E-state index >= 15 is 0 Å². The highest BCUT2D eigenvalue weighted by Crippen LogP contribution is 2.09. The first-order valence-corrected chi connectivity index (χ1v) is 5.46. The Labute approximate surface area is 98.1 Å². The van der Waals surface area contributed by atoms with E-state index in [0.717, 1.165) is 15.6 Å². The van der Waals surface area contributed by atoms with Crippen LogP contribution in [-0.2, 0) is 0 Å². The largest absolute Gasteiger partial charge is 0.0622 e. The topological polar surface area (TPSA) is 0 Å². The van der Waals surface area contributed by atoms with Crippen LogP contribution in [0.3, 0.4) is 0 Å². The predicted molar refractivity (Wildman–Crippen MR) is 66.6 cm³/mol. The lowest BCUT2D eigenvalue weighted by Crippen LogP contribution is -1.74. The van der Waals surface area contributed by atoms with Crippen molar-refractivity contribution in [1.82, 2.24) is 0 Å². The molecule has 0 aliphatic carbocycles. The molecule has 0 heterocycles. The molecule has 0 nitrogen and oxygen atoms in total. The number of benzene rings is 2. The van der Waals surface area contributed by atoms with Crippen molar-refractivity contribution in [3.05, 3.63) is 70.2 Å². The van der Waals surface area contributed by atoms with Crippen LogP contribution in [0.4, 0.5) is 0 Å². The molecular weight excluding hydrogens is 248 g/mol. The molecule has 0 spiro atoms. The third-order valence-corrected chi connectivity index (χ3v) is 2.50. The minimum Gasteiger partial charge on any atom is -0.0622 e. The second-order valence-corrected chi connectivity index (χ2v) is 4.04. The average Bonchev–Trinajstić information content (AvgIpc) is 2.30. The summed E-state index contributed by atoms with van der Waals surface area (Å²) < 4.78 is 1.08. The molecular formula is C14H9Br. The predicted octanol–water partition coefficient (Wildman–Crippen LogP) is 3.85. The van der Waals surface area contributed by atoms with Gasteiger partial charge in [-0.25, -0.2) is 0 Å². The number of halogens is 1. The van der Waals surface area contributed by atoms with E-state index in [4.69, 9.17) is 0 Å². The fourth-order valence-corrected chi connectivity index (χ4v) is 1.46. The zero-order valence-electron chi connectivity index (χ0n) is 8.07. The first-order chi connectivity index (χ1) is 7.34. The van der Waals surface area contributed by atoms with E-state index in [0.29, 0.717) is 0 Å². The molecule has 1 heteroatoms. The van der Waals surface area contributed by atoms with E-state index < -0.39 is 0 Å². The normalized spacial score (nSPS) is 9.13. The van der Waals surface area contributed by atoms with Gasteiger partial charge in [0.15, 0.2) is 0 Å². The van der Waals surface area contributed by atoms with Crippen LogP contribution in [0.15, 0.2) is 59.1 Å². The van der Waals surface area contributed by atoms with Crippen molar-refractivity contribution in [3.8, 4) is 11.8 Å². The third kappa shape index (κ3) is 2.97. The lowest BCUT2D eigenvalue weighted by molar-refractivity contribution is 1.59. The average molecular weight is 257 g/mol. The van der Waals surface area contributed by atoms with Crippen LogP contribution in [0, 0.1) is 11.8 Å². The summed E-state index contributed by atoms with van der Waals surface area (Å²) in [6.45, 7) is 0. The summed E-state index contributed by atoms with van der Waals surface area (Å²) >= 11 is 3.39. The molecule has 0 N–H and O–H groups in total. The molecule has 0 fully saturated rings. The van der Waals surface area contributed by atoms with Gasteiger partial charge in [0.25, 0.3) is 0 Å². The van der Waals surface area contributed by atoms with Gasteiger partial charge in [-0.05, 0) is 36.4 Å². The van der Waals surface area contributed by atoms with E-state index in [1.165, 1.54) is 0 Å². The zero-order valence-corrected chi connectivity index (χ0v) is 9.66. The molecule has 0 atom stereocenters. The Hall–Kier alpha value is -1.52. The molecule has 0 saturated heterocycles. The second-order valence-electron chi connectivity index (χ2n) is 3.12. The van der Waals surface area contributed by atoms with Crippen LogP contribution in [0.1, 0.15) is 11.1 Å². The van der Waals surface area contributed by atoms with Crippen molar-refractivity contribution in [2.24, 2.45) is 0 Å². The standard InChI is InChI=1S/C14H9Br/c15-14-10-8-13(9-11-14)7-6-12-4-2-1-3-5-12/h1-5,8-11H. The van der Waals surface area contributed by atoms with Crippen molar-refractivity contribution in [3.63, 3.8) is 0 Å². The maximum absolute atomic E-state index is 3.39. The molecule has 0 aliphatic heterocycles. The molecule has 0 amide bonds. The number of hydrogen-bond donors (Lipinski definition) is 0. The second kappa shape index (κ2) is 4.82. The van der Waals surface area contributed by atoms with E-state index in [1.54, 1.807) is 0 Å². The smallest absolute Gasteiger partial charge is 0.0249 e. The summed E-state index contributed by atoms with van der Waals surface area (Å²) in [5.41, 5.74) is 2.07. The SMILES string of the molecule is Brc1ccc(C#Cc2ccccc2)cc1. The summed E-state index contributed by atoms with van der Waals surface area (Å²) in [5.74, 6) is 6.23. The van der Waals surface area contributed by atoms with Crippen molar-refractivity contribution in [2.75, 3.05) is 0 Å². The Morgan fingerprint density at radius 1 is 0.667 bits per heavy atom. The minimum atomic E-state index is 1.03. The van der Waals surface area contributed by atoms with Gasteiger partial charge in [0, 0.05) is 15.6 Å².